The third-order valence-corrected chi connectivity index (χ3v) is 6.33. The Balaban J connectivity index is 2.77. The van der Waals surface area contributed by atoms with Gasteiger partial charge < -0.3 is 4.74 Å². The number of hydrogen-bond donors (Lipinski definition) is 0. The van der Waals surface area contributed by atoms with Crippen LogP contribution in [-0.2, 0) is 19.6 Å². The van der Waals surface area contributed by atoms with E-state index in [1.54, 1.807) is 37.3 Å². The van der Waals surface area contributed by atoms with Gasteiger partial charge in [0.1, 0.15) is 6.04 Å². The molecular formula is C21H22ClNO5S. The molecule has 0 saturated carbocycles. The molecule has 6 nitrogen and oxygen atoms in total. The number of halogens is 1. The number of ether oxygens (including phenoxy) is 1. The van der Waals surface area contributed by atoms with Gasteiger partial charge in [-0.15, -0.1) is 0 Å². The highest BCUT2D eigenvalue weighted by Gasteiger charge is 2.41. The molecule has 0 fully saturated rings. The summed E-state index contributed by atoms with van der Waals surface area (Å²) in [4.78, 5) is 24.8. The molecule has 0 saturated heterocycles. The molecule has 1 atom stereocenters. The Kier molecular flexibility index (Phi) is 7.21. The molecule has 0 unspecified atom stereocenters. The molecular weight excluding hydrogens is 414 g/mol. The number of Topliss-reactive ketones (excluding diaryl/α,β-unsaturated/α-hetero) is 1. The molecule has 0 radical (unpaired) electrons. The molecule has 0 bridgehead atoms. The summed E-state index contributed by atoms with van der Waals surface area (Å²) in [7, 11) is -4.39. The largest absolute Gasteiger partial charge is 0.449 e. The average molecular weight is 436 g/mol. The molecule has 0 spiro atoms. The van der Waals surface area contributed by atoms with Crippen molar-refractivity contribution >= 4 is 33.5 Å². The number of benzene rings is 2. The van der Waals surface area contributed by atoms with Crippen LogP contribution in [0, 0.1) is 6.92 Å². The van der Waals surface area contributed by atoms with Crippen molar-refractivity contribution in [3.8, 4) is 0 Å². The Morgan fingerprint density at radius 1 is 1.14 bits per heavy atom. The van der Waals surface area contributed by atoms with Crippen molar-refractivity contribution in [1.82, 2.24) is 4.31 Å². The lowest BCUT2D eigenvalue weighted by Crippen LogP contribution is -2.42. The van der Waals surface area contributed by atoms with Crippen molar-refractivity contribution in [2.24, 2.45) is 0 Å². The number of aryl methyl sites for hydroxylation is 1. The second-order valence-corrected chi connectivity index (χ2v) is 8.54. The highest BCUT2D eigenvalue weighted by Crippen LogP contribution is 2.37. The Morgan fingerprint density at radius 2 is 1.72 bits per heavy atom. The second-order valence-electron chi connectivity index (χ2n) is 6.32. The minimum absolute atomic E-state index is 0.0550. The smallest absolute Gasteiger partial charge is 0.424 e. The molecule has 2 aromatic carbocycles. The van der Waals surface area contributed by atoms with Crippen LogP contribution in [0.15, 0.2) is 65.6 Å². The second kappa shape index (κ2) is 9.24. The maximum absolute atomic E-state index is 13.4. The Morgan fingerprint density at radius 3 is 2.24 bits per heavy atom. The van der Waals surface area contributed by atoms with E-state index in [-0.39, 0.29) is 27.7 Å². The van der Waals surface area contributed by atoms with Gasteiger partial charge in [-0.3, -0.25) is 4.79 Å². The maximum Gasteiger partial charge on any atom is 0.424 e. The number of ketones is 1. The lowest BCUT2D eigenvalue weighted by Gasteiger charge is -2.31. The highest BCUT2D eigenvalue weighted by atomic mass is 35.5. The molecule has 0 aliphatic heterocycles. The molecule has 154 valence electrons. The topological polar surface area (TPSA) is 80.8 Å². The van der Waals surface area contributed by atoms with E-state index in [0.717, 1.165) is 5.56 Å². The number of rotatable bonds is 7. The van der Waals surface area contributed by atoms with Crippen molar-refractivity contribution in [2.75, 3.05) is 6.61 Å². The predicted octanol–water partition coefficient (Wildman–Crippen LogP) is 4.68. The van der Waals surface area contributed by atoms with E-state index in [1.165, 1.54) is 25.1 Å². The Bertz CT molecular complexity index is 1030. The van der Waals surface area contributed by atoms with Gasteiger partial charge in [0.05, 0.1) is 11.5 Å². The van der Waals surface area contributed by atoms with Gasteiger partial charge in [0.2, 0.25) is 0 Å². The van der Waals surface area contributed by atoms with Crippen LogP contribution in [0.4, 0.5) is 4.79 Å². The Hall–Kier alpha value is -2.64. The minimum atomic E-state index is -4.39. The van der Waals surface area contributed by atoms with Crippen LogP contribution >= 0.6 is 11.6 Å². The van der Waals surface area contributed by atoms with Crippen LogP contribution in [0.25, 0.3) is 0 Å². The summed E-state index contributed by atoms with van der Waals surface area (Å²) in [6.45, 7) is 8.29. The molecule has 0 heterocycles. The van der Waals surface area contributed by atoms with E-state index < -0.39 is 27.9 Å². The summed E-state index contributed by atoms with van der Waals surface area (Å²) < 4.78 is 32.4. The number of amides is 1. The first-order valence-corrected chi connectivity index (χ1v) is 10.6. The summed E-state index contributed by atoms with van der Waals surface area (Å²) in [5.41, 5.74) is 0.988. The third kappa shape index (κ3) is 4.86. The fourth-order valence-electron chi connectivity index (χ4n) is 2.70. The first-order chi connectivity index (χ1) is 13.6. The predicted molar refractivity (Wildman–Crippen MR) is 111 cm³/mol. The third-order valence-electron chi connectivity index (χ3n) is 4.24. The number of nitrogens with zero attached hydrogens (tertiary/aromatic N) is 1. The van der Waals surface area contributed by atoms with Gasteiger partial charge in [-0.2, -0.15) is 4.31 Å². The monoisotopic (exact) mass is 435 g/mol. The van der Waals surface area contributed by atoms with E-state index >= 15 is 0 Å². The quantitative estimate of drug-likeness (QED) is 0.589. The summed E-state index contributed by atoms with van der Waals surface area (Å²) in [5, 5.41) is 0.188. The lowest BCUT2D eigenvalue weighted by atomic mass is 9.97. The maximum atomic E-state index is 13.4. The van der Waals surface area contributed by atoms with Crippen LogP contribution < -0.4 is 0 Å². The standard InChI is InChI=1S/C21H22ClNO5S/c1-5-28-21(25)23(29(26,27)17-12-10-14(2)11-13-17)20(15(3)16(4)24)18-8-6-7-9-19(18)22/h6-13,20H,3,5H2,1-2,4H3/t20-/m1/s1. The zero-order chi connectivity index (χ0) is 21.8. The highest BCUT2D eigenvalue weighted by molar-refractivity contribution is 7.89. The van der Waals surface area contributed by atoms with Crippen LogP contribution in [0.1, 0.15) is 31.0 Å². The molecule has 2 rings (SSSR count). The molecule has 0 N–H and O–H groups in total. The summed E-state index contributed by atoms with van der Waals surface area (Å²) >= 11 is 6.28. The normalized spacial score (nSPS) is 12.1. The van der Waals surface area contributed by atoms with Crippen LogP contribution in [-0.4, -0.2) is 31.2 Å². The fourth-order valence-corrected chi connectivity index (χ4v) is 4.41. The van der Waals surface area contributed by atoms with Crippen molar-refractivity contribution in [3.05, 3.63) is 76.8 Å². The van der Waals surface area contributed by atoms with Gasteiger partial charge in [0.15, 0.2) is 5.78 Å². The summed E-state index contributed by atoms with van der Waals surface area (Å²) in [6.07, 6.45) is -1.12. The summed E-state index contributed by atoms with van der Waals surface area (Å²) in [6, 6.07) is 11.0. The van der Waals surface area contributed by atoms with Crippen LogP contribution in [0.2, 0.25) is 5.02 Å². The zero-order valence-corrected chi connectivity index (χ0v) is 18.0. The number of sulfonamides is 1. The van der Waals surface area contributed by atoms with E-state index in [9.17, 15) is 18.0 Å². The number of carbonyl (C=O) groups excluding carboxylic acids is 2. The van der Waals surface area contributed by atoms with Crippen LogP contribution in [0.5, 0.6) is 0 Å². The van der Waals surface area contributed by atoms with Crippen molar-refractivity contribution in [1.29, 1.82) is 0 Å². The van der Waals surface area contributed by atoms with E-state index in [4.69, 9.17) is 16.3 Å². The van der Waals surface area contributed by atoms with E-state index in [1.807, 2.05) is 6.92 Å². The van der Waals surface area contributed by atoms with Gasteiger partial charge in [-0.1, -0.05) is 54.1 Å². The molecule has 29 heavy (non-hydrogen) atoms. The van der Waals surface area contributed by atoms with Gasteiger partial charge >= 0.3 is 6.09 Å². The van der Waals surface area contributed by atoms with Gasteiger partial charge in [0, 0.05) is 10.6 Å². The molecule has 0 aliphatic rings. The molecule has 0 aromatic heterocycles. The van der Waals surface area contributed by atoms with E-state index in [0.29, 0.717) is 4.31 Å². The summed E-state index contributed by atoms with van der Waals surface area (Å²) in [5.74, 6) is -0.483. The van der Waals surface area contributed by atoms with Gasteiger partial charge in [-0.05, 0) is 44.5 Å². The Labute approximate surface area is 175 Å². The number of carbonyl (C=O) groups is 2. The molecule has 0 aliphatic carbocycles. The first kappa shape index (κ1) is 22.6. The average Bonchev–Trinajstić information content (AvgIpc) is 2.66. The van der Waals surface area contributed by atoms with Gasteiger partial charge in [0.25, 0.3) is 10.0 Å². The van der Waals surface area contributed by atoms with Crippen molar-refractivity contribution in [2.45, 2.75) is 31.7 Å². The lowest BCUT2D eigenvalue weighted by molar-refractivity contribution is -0.114. The first-order valence-electron chi connectivity index (χ1n) is 8.83. The fraction of sp³-hybridized carbons (Fsp3) is 0.238. The molecule has 1 amide bonds. The SMILES string of the molecule is C=C(C(C)=O)[C@H](c1ccccc1Cl)N(C(=O)OCC)S(=O)(=O)c1ccc(C)cc1. The van der Waals surface area contributed by atoms with Crippen molar-refractivity contribution < 1.29 is 22.7 Å². The molecule has 2 aromatic rings. The number of hydrogen-bond acceptors (Lipinski definition) is 5. The van der Waals surface area contributed by atoms with Crippen molar-refractivity contribution in [3.63, 3.8) is 0 Å². The molecule has 8 heteroatoms. The van der Waals surface area contributed by atoms with Crippen LogP contribution in [0.3, 0.4) is 0 Å². The zero-order valence-electron chi connectivity index (χ0n) is 16.4. The van der Waals surface area contributed by atoms with Gasteiger partial charge in [-0.25, -0.2) is 13.2 Å². The van der Waals surface area contributed by atoms with E-state index in [2.05, 4.69) is 6.58 Å². The minimum Gasteiger partial charge on any atom is -0.449 e.